The highest BCUT2D eigenvalue weighted by atomic mass is 16.5. The monoisotopic (exact) mass is 285 g/mol. The first-order chi connectivity index (χ1) is 10.2. The van der Waals surface area contributed by atoms with Gasteiger partial charge in [0.2, 0.25) is 0 Å². The summed E-state index contributed by atoms with van der Waals surface area (Å²) >= 11 is 0. The van der Waals surface area contributed by atoms with Crippen LogP contribution in [0.1, 0.15) is 17.2 Å². The van der Waals surface area contributed by atoms with Crippen LogP contribution in [0.25, 0.3) is 0 Å². The van der Waals surface area contributed by atoms with Gasteiger partial charge in [-0.1, -0.05) is 6.07 Å². The summed E-state index contributed by atoms with van der Waals surface area (Å²) < 4.78 is 15.9. The van der Waals surface area contributed by atoms with Crippen molar-refractivity contribution in [2.24, 2.45) is 0 Å². The number of hydrogen-bond acceptors (Lipinski definition) is 4. The molecule has 1 unspecified atom stereocenters. The number of ether oxygens (including phenoxy) is 3. The van der Waals surface area contributed by atoms with E-state index in [2.05, 4.69) is 23.5 Å². The van der Waals surface area contributed by atoms with Gasteiger partial charge in [0.25, 0.3) is 0 Å². The molecular formula is C17H19NO3. The Morgan fingerprint density at radius 1 is 0.905 bits per heavy atom. The first-order valence-corrected chi connectivity index (χ1v) is 6.90. The third-order valence-electron chi connectivity index (χ3n) is 3.88. The van der Waals surface area contributed by atoms with Gasteiger partial charge in [-0.15, -0.1) is 0 Å². The molecule has 0 saturated heterocycles. The summed E-state index contributed by atoms with van der Waals surface area (Å²) in [5, 5.41) is 3.54. The van der Waals surface area contributed by atoms with Crippen LogP contribution in [-0.4, -0.2) is 21.3 Å². The first-order valence-electron chi connectivity index (χ1n) is 6.90. The maximum absolute atomic E-state index is 5.38. The lowest BCUT2D eigenvalue weighted by atomic mass is 10.0. The predicted molar refractivity (Wildman–Crippen MR) is 82.6 cm³/mol. The summed E-state index contributed by atoms with van der Waals surface area (Å²) in [5.41, 5.74) is 3.62. The van der Waals surface area contributed by atoms with E-state index in [0.29, 0.717) is 0 Å². The van der Waals surface area contributed by atoms with E-state index in [4.69, 9.17) is 14.2 Å². The lowest BCUT2D eigenvalue weighted by molar-refractivity contribution is 0.354. The quantitative estimate of drug-likeness (QED) is 0.934. The molecule has 2 aromatic carbocycles. The molecule has 0 radical (unpaired) electrons. The van der Waals surface area contributed by atoms with Gasteiger partial charge in [0.05, 0.1) is 27.4 Å². The molecule has 0 aromatic heterocycles. The second-order valence-electron chi connectivity index (χ2n) is 5.04. The van der Waals surface area contributed by atoms with Gasteiger partial charge in [0, 0.05) is 5.69 Å². The molecule has 0 saturated carbocycles. The van der Waals surface area contributed by atoms with E-state index < -0.39 is 0 Å². The summed E-state index contributed by atoms with van der Waals surface area (Å²) in [6.45, 7) is 0. The van der Waals surface area contributed by atoms with Gasteiger partial charge in [-0.2, -0.15) is 0 Å². The summed E-state index contributed by atoms with van der Waals surface area (Å²) in [5.74, 6) is 2.40. The van der Waals surface area contributed by atoms with E-state index in [1.54, 1.807) is 21.3 Å². The standard InChI is InChI=1S/C17H19NO3/c1-19-13-5-6-14-12(8-13)9-15(18-14)11-4-7-16(20-2)17(10-11)21-3/h4-8,10,15,18H,9H2,1-3H3. The largest absolute Gasteiger partial charge is 0.497 e. The zero-order chi connectivity index (χ0) is 14.8. The number of methoxy groups -OCH3 is 3. The highest BCUT2D eigenvalue weighted by Crippen LogP contribution is 2.38. The van der Waals surface area contributed by atoms with E-state index in [9.17, 15) is 0 Å². The van der Waals surface area contributed by atoms with Crippen LogP contribution in [0.3, 0.4) is 0 Å². The highest BCUT2D eigenvalue weighted by molar-refractivity contribution is 5.61. The van der Waals surface area contributed by atoms with Gasteiger partial charge in [0.1, 0.15) is 5.75 Å². The van der Waals surface area contributed by atoms with Gasteiger partial charge < -0.3 is 19.5 Å². The molecule has 4 heteroatoms. The van der Waals surface area contributed by atoms with Crippen molar-refractivity contribution < 1.29 is 14.2 Å². The molecule has 1 aliphatic heterocycles. The predicted octanol–water partition coefficient (Wildman–Crippen LogP) is 3.42. The second-order valence-corrected chi connectivity index (χ2v) is 5.04. The minimum absolute atomic E-state index is 0.243. The van der Waals surface area contributed by atoms with E-state index in [0.717, 1.165) is 29.4 Å². The Morgan fingerprint density at radius 2 is 1.71 bits per heavy atom. The van der Waals surface area contributed by atoms with E-state index >= 15 is 0 Å². The molecular weight excluding hydrogens is 266 g/mol. The van der Waals surface area contributed by atoms with Crippen molar-refractivity contribution in [3.8, 4) is 17.2 Å². The van der Waals surface area contributed by atoms with E-state index in [1.807, 2.05) is 18.2 Å². The average molecular weight is 285 g/mol. The Labute approximate surface area is 124 Å². The zero-order valence-corrected chi connectivity index (χ0v) is 12.5. The van der Waals surface area contributed by atoms with E-state index in [-0.39, 0.29) is 6.04 Å². The molecule has 1 heterocycles. The van der Waals surface area contributed by atoms with Gasteiger partial charge in [0.15, 0.2) is 11.5 Å². The van der Waals surface area contributed by atoms with Crippen LogP contribution < -0.4 is 19.5 Å². The summed E-state index contributed by atoms with van der Waals surface area (Å²) in [6.07, 6.45) is 0.933. The number of benzene rings is 2. The van der Waals surface area contributed by atoms with Crippen LogP contribution in [0.5, 0.6) is 17.2 Å². The molecule has 1 N–H and O–H groups in total. The topological polar surface area (TPSA) is 39.7 Å². The van der Waals surface area contributed by atoms with Crippen molar-refractivity contribution in [1.82, 2.24) is 0 Å². The molecule has 110 valence electrons. The third kappa shape index (κ3) is 2.49. The van der Waals surface area contributed by atoms with Gasteiger partial charge in [-0.25, -0.2) is 0 Å². The van der Waals surface area contributed by atoms with Crippen molar-refractivity contribution in [3.05, 3.63) is 47.5 Å². The van der Waals surface area contributed by atoms with Crippen LogP contribution in [0, 0.1) is 0 Å². The number of nitrogens with one attached hydrogen (secondary N) is 1. The zero-order valence-electron chi connectivity index (χ0n) is 12.5. The van der Waals surface area contributed by atoms with Crippen LogP contribution >= 0.6 is 0 Å². The normalized spacial score (nSPS) is 16.0. The second kappa shape index (κ2) is 5.56. The lowest BCUT2D eigenvalue weighted by Gasteiger charge is -2.14. The molecule has 4 nitrogen and oxygen atoms in total. The molecule has 1 atom stereocenters. The maximum Gasteiger partial charge on any atom is 0.161 e. The van der Waals surface area contributed by atoms with Crippen molar-refractivity contribution in [2.75, 3.05) is 26.6 Å². The van der Waals surface area contributed by atoms with E-state index in [1.165, 1.54) is 11.1 Å². The molecule has 3 rings (SSSR count). The Hall–Kier alpha value is -2.36. The number of anilines is 1. The Bertz CT molecular complexity index is 654. The summed E-state index contributed by atoms with van der Waals surface area (Å²) in [6, 6.07) is 12.4. The van der Waals surface area contributed by atoms with Crippen molar-refractivity contribution in [2.45, 2.75) is 12.5 Å². The average Bonchev–Trinajstić information content (AvgIpc) is 2.96. The van der Waals surface area contributed by atoms with Gasteiger partial charge >= 0.3 is 0 Å². The lowest BCUT2D eigenvalue weighted by Crippen LogP contribution is -2.06. The van der Waals surface area contributed by atoms with Crippen molar-refractivity contribution in [1.29, 1.82) is 0 Å². The van der Waals surface area contributed by atoms with Crippen molar-refractivity contribution >= 4 is 5.69 Å². The fraction of sp³-hybridized carbons (Fsp3) is 0.294. The van der Waals surface area contributed by atoms with Crippen LogP contribution in [0.15, 0.2) is 36.4 Å². The Kier molecular flexibility index (Phi) is 3.60. The minimum Gasteiger partial charge on any atom is -0.497 e. The minimum atomic E-state index is 0.243. The fourth-order valence-electron chi connectivity index (χ4n) is 2.74. The molecule has 0 spiro atoms. The first kappa shape index (κ1) is 13.6. The Morgan fingerprint density at radius 3 is 2.43 bits per heavy atom. The number of fused-ring (bicyclic) bond motifs is 1. The van der Waals surface area contributed by atoms with Crippen LogP contribution in [0.2, 0.25) is 0 Å². The molecule has 21 heavy (non-hydrogen) atoms. The van der Waals surface area contributed by atoms with Gasteiger partial charge in [-0.3, -0.25) is 0 Å². The third-order valence-corrected chi connectivity index (χ3v) is 3.88. The molecule has 2 aromatic rings. The van der Waals surface area contributed by atoms with Gasteiger partial charge in [-0.05, 0) is 47.9 Å². The maximum atomic E-state index is 5.38. The molecule has 0 aliphatic carbocycles. The summed E-state index contributed by atoms with van der Waals surface area (Å²) in [7, 11) is 4.99. The molecule has 0 bridgehead atoms. The SMILES string of the molecule is COc1ccc2c(c1)CC(c1ccc(OC)c(OC)c1)N2. The number of rotatable bonds is 4. The van der Waals surface area contributed by atoms with Crippen LogP contribution in [0.4, 0.5) is 5.69 Å². The number of hydrogen-bond donors (Lipinski definition) is 1. The fourth-order valence-corrected chi connectivity index (χ4v) is 2.74. The Balaban J connectivity index is 1.87. The highest BCUT2D eigenvalue weighted by Gasteiger charge is 2.23. The molecule has 1 aliphatic rings. The molecule has 0 amide bonds. The smallest absolute Gasteiger partial charge is 0.161 e. The van der Waals surface area contributed by atoms with Crippen LogP contribution in [-0.2, 0) is 6.42 Å². The molecule has 0 fully saturated rings. The summed E-state index contributed by atoms with van der Waals surface area (Å²) in [4.78, 5) is 0. The van der Waals surface area contributed by atoms with Crippen molar-refractivity contribution in [3.63, 3.8) is 0 Å².